The number of hydrogen-bond acceptors (Lipinski definition) is 5. The highest BCUT2D eigenvalue weighted by Crippen LogP contribution is 2.43. The molecule has 6 nitrogen and oxygen atoms in total. The quantitative estimate of drug-likeness (QED) is 0.621. The third-order valence-corrected chi connectivity index (χ3v) is 8.12. The summed E-state index contributed by atoms with van der Waals surface area (Å²) in [6.07, 6.45) is 4.35. The van der Waals surface area contributed by atoms with E-state index in [-0.39, 0.29) is 29.0 Å². The van der Waals surface area contributed by atoms with Gasteiger partial charge in [-0.25, -0.2) is 0 Å². The number of aryl methyl sites for hydroxylation is 1. The van der Waals surface area contributed by atoms with Crippen LogP contribution in [0.3, 0.4) is 0 Å². The minimum atomic E-state index is -0.0704. The molecule has 2 fully saturated rings. The van der Waals surface area contributed by atoms with Gasteiger partial charge in [-0.1, -0.05) is 35.9 Å². The monoisotopic (exact) mass is 480 g/mol. The number of ether oxygens (including phenoxy) is 2. The molecule has 1 saturated heterocycles. The minimum absolute atomic E-state index is 0.00162. The maximum absolute atomic E-state index is 13.2. The van der Waals surface area contributed by atoms with E-state index in [2.05, 4.69) is 24.4 Å². The van der Waals surface area contributed by atoms with E-state index in [0.29, 0.717) is 24.5 Å². The number of benzene rings is 2. The molecule has 3 unspecified atom stereocenters. The number of likely N-dealkylation sites (N-methyl/N-ethyl adjacent to an activating group) is 1. The Labute approximate surface area is 205 Å². The van der Waals surface area contributed by atoms with Gasteiger partial charge < -0.3 is 19.7 Å². The Hall–Kier alpha value is -2.93. The molecule has 2 aromatic carbocycles. The fraction of sp³-hybridized carbons (Fsp3) is 0.407. The maximum Gasteiger partial charge on any atom is 0.260 e. The summed E-state index contributed by atoms with van der Waals surface area (Å²) in [5, 5.41) is 3.38. The van der Waals surface area contributed by atoms with Gasteiger partial charge in [0.2, 0.25) is 5.91 Å². The van der Waals surface area contributed by atoms with Crippen LogP contribution in [0.2, 0.25) is 0 Å². The van der Waals surface area contributed by atoms with Gasteiger partial charge in [-0.05, 0) is 55.5 Å². The fourth-order valence-electron chi connectivity index (χ4n) is 4.67. The average Bonchev–Trinajstić information content (AvgIpc) is 2.86. The van der Waals surface area contributed by atoms with E-state index in [4.69, 9.17) is 9.47 Å². The standard InChI is InChI=1S/C27H32N2O4S/c1-17-5-7-18(8-6-17)16-28-26(30)20-10-12-24-21(15-20)29(2)27(31)25(34-24)14-19-9-11-22(32-3)23(13-19)33-4/h5-9,11,13-14,20-21,24H,10,12,15-16H2,1-4H3,(H,28,30)/b25-14-. The molecule has 3 atom stereocenters. The molecular formula is C27H32N2O4S. The summed E-state index contributed by atoms with van der Waals surface area (Å²) in [7, 11) is 5.06. The third-order valence-electron chi connectivity index (χ3n) is 6.73. The number of amides is 2. The summed E-state index contributed by atoms with van der Waals surface area (Å²) in [5.41, 5.74) is 3.19. The second-order valence-corrected chi connectivity index (χ2v) is 10.3. The first kappa shape index (κ1) is 24.2. The molecule has 1 N–H and O–H groups in total. The summed E-state index contributed by atoms with van der Waals surface area (Å²) in [6, 6.07) is 13.9. The van der Waals surface area contributed by atoms with E-state index in [1.807, 2.05) is 48.4 Å². The SMILES string of the molecule is COc1ccc(/C=C2\SC3CCC(C(=O)NCc4ccc(C)cc4)CC3N(C)C2=O)cc1OC. The summed E-state index contributed by atoms with van der Waals surface area (Å²) in [4.78, 5) is 28.6. The lowest BCUT2D eigenvalue weighted by Gasteiger charge is -2.44. The first-order valence-electron chi connectivity index (χ1n) is 11.6. The number of nitrogens with one attached hydrogen (secondary N) is 1. The van der Waals surface area contributed by atoms with Crippen molar-refractivity contribution in [1.29, 1.82) is 0 Å². The number of carbonyl (C=O) groups is 2. The van der Waals surface area contributed by atoms with Gasteiger partial charge in [-0.15, -0.1) is 11.8 Å². The Balaban J connectivity index is 1.40. The molecule has 0 radical (unpaired) electrons. The number of methoxy groups -OCH3 is 2. The van der Waals surface area contributed by atoms with Gasteiger partial charge in [0.05, 0.1) is 19.1 Å². The molecule has 180 valence electrons. The van der Waals surface area contributed by atoms with Crippen LogP contribution in [0.15, 0.2) is 47.4 Å². The van der Waals surface area contributed by atoms with Gasteiger partial charge in [0.15, 0.2) is 11.5 Å². The van der Waals surface area contributed by atoms with E-state index in [1.54, 1.807) is 26.0 Å². The predicted octanol–water partition coefficient (Wildman–Crippen LogP) is 4.41. The zero-order valence-electron chi connectivity index (χ0n) is 20.2. The van der Waals surface area contributed by atoms with E-state index >= 15 is 0 Å². The fourth-order valence-corrected chi connectivity index (χ4v) is 6.15. The van der Waals surface area contributed by atoms with Crippen molar-refractivity contribution >= 4 is 29.7 Å². The highest BCUT2D eigenvalue weighted by atomic mass is 32.2. The normalized spacial score (nSPS) is 23.4. The molecule has 1 aliphatic carbocycles. The molecule has 7 heteroatoms. The lowest BCUT2D eigenvalue weighted by atomic mass is 9.83. The molecule has 2 aromatic rings. The summed E-state index contributed by atoms with van der Waals surface area (Å²) in [6.45, 7) is 2.58. The van der Waals surface area contributed by atoms with Crippen molar-refractivity contribution in [2.75, 3.05) is 21.3 Å². The summed E-state index contributed by atoms with van der Waals surface area (Å²) in [5.74, 6) is 1.30. The van der Waals surface area contributed by atoms with Gasteiger partial charge in [0, 0.05) is 30.8 Å². The topological polar surface area (TPSA) is 67.9 Å². The second-order valence-electron chi connectivity index (χ2n) is 8.98. The van der Waals surface area contributed by atoms with E-state index in [0.717, 1.165) is 28.9 Å². The maximum atomic E-state index is 13.2. The average molecular weight is 481 g/mol. The number of thioether (sulfide) groups is 1. The van der Waals surface area contributed by atoms with Crippen LogP contribution in [0.25, 0.3) is 6.08 Å². The van der Waals surface area contributed by atoms with Crippen molar-refractivity contribution in [3.63, 3.8) is 0 Å². The highest BCUT2D eigenvalue weighted by molar-refractivity contribution is 8.04. The number of rotatable bonds is 6. The van der Waals surface area contributed by atoms with Crippen LogP contribution in [0.5, 0.6) is 11.5 Å². The molecule has 0 spiro atoms. The molecule has 1 aliphatic heterocycles. The van der Waals surface area contributed by atoms with Gasteiger partial charge in [0.25, 0.3) is 5.91 Å². The van der Waals surface area contributed by atoms with Gasteiger partial charge >= 0.3 is 0 Å². The zero-order valence-corrected chi connectivity index (χ0v) is 21.0. The van der Waals surface area contributed by atoms with Gasteiger partial charge in [0.1, 0.15) is 0 Å². The summed E-state index contributed by atoms with van der Waals surface area (Å²) < 4.78 is 10.7. The van der Waals surface area contributed by atoms with Crippen molar-refractivity contribution in [1.82, 2.24) is 10.2 Å². The molecule has 4 rings (SSSR count). The number of carbonyl (C=O) groups excluding carboxylic acids is 2. The zero-order chi connectivity index (χ0) is 24.2. The van der Waals surface area contributed by atoms with Crippen LogP contribution >= 0.6 is 11.8 Å². The van der Waals surface area contributed by atoms with Crippen LogP contribution < -0.4 is 14.8 Å². The Morgan fingerprint density at radius 3 is 2.56 bits per heavy atom. The van der Waals surface area contributed by atoms with Crippen LogP contribution in [0.4, 0.5) is 0 Å². The van der Waals surface area contributed by atoms with E-state index < -0.39 is 0 Å². The highest BCUT2D eigenvalue weighted by Gasteiger charge is 2.42. The molecular weight excluding hydrogens is 448 g/mol. The molecule has 1 heterocycles. The van der Waals surface area contributed by atoms with Crippen LogP contribution in [-0.4, -0.2) is 49.3 Å². The van der Waals surface area contributed by atoms with Gasteiger partial charge in [-0.2, -0.15) is 0 Å². The molecule has 0 aromatic heterocycles. The van der Waals surface area contributed by atoms with Crippen molar-refractivity contribution in [2.24, 2.45) is 5.92 Å². The largest absolute Gasteiger partial charge is 0.493 e. The molecule has 2 amide bonds. The van der Waals surface area contributed by atoms with Crippen LogP contribution in [-0.2, 0) is 16.1 Å². The molecule has 2 aliphatic rings. The number of hydrogen-bond donors (Lipinski definition) is 1. The van der Waals surface area contributed by atoms with Gasteiger partial charge in [-0.3, -0.25) is 9.59 Å². The Kier molecular flexibility index (Phi) is 7.51. The van der Waals surface area contributed by atoms with Crippen LogP contribution in [0.1, 0.15) is 36.0 Å². The molecule has 34 heavy (non-hydrogen) atoms. The van der Waals surface area contributed by atoms with Crippen molar-refractivity contribution in [2.45, 2.75) is 44.0 Å². The first-order valence-corrected chi connectivity index (χ1v) is 12.5. The van der Waals surface area contributed by atoms with E-state index in [9.17, 15) is 9.59 Å². The van der Waals surface area contributed by atoms with Crippen molar-refractivity contribution in [3.8, 4) is 11.5 Å². The number of fused-ring (bicyclic) bond motifs is 1. The van der Waals surface area contributed by atoms with Crippen molar-refractivity contribution < 1.29 is 19.1 Å². The first-order chi connectivity index (χ1) is 16.4. The summed E-state index contributed by atoms with van der Waals surface area (Å²) >= 11 is 1.64. The predicted molar refractivity (Wildman–Crippen MR) is 136 cm³/mol. The lowest BCUT2D eigenvalue weighted by molar-refractivity contribution is -0.132. The lowest BCUT2D eigenvalue weighted by Crippen LogP contribution is -2.52. The Bertz CT molecular complexity index is 1080. The van der Waals surface area contributed by atoms with E-state index in [1.165, 1.54) is 5.56 Å². The number of nitrogens with zero attached hydrogens (tertiary/aromatic N) is 1. The minimum Gasteiger partial charge on any atom is -0.493 e. The van der Waals surface area contributed by atoms with Crippen LogP contribution in [0, 0.1) is 12.8 Å². The molecule has 1 saturated carbocycles. The smallest absolute Gasteiger partial charge is 0.260 e. The Morgan fingerprint density at radius 1 is 1.12 bits per heavy atom. The third kappa shape index (κ3) is 5.25. The van der Waals surface area contributed by atoms with Crippen molar-refractivity contribution in [3.05, 3.63) is 64.1 Å². The Morgan fingerprint density at radius 2 is 1.85 bits per heavy atom. The second kappa shape index (κ2) is 10.6. The molecule has 0 bridgehead atoms.